The standard InChI is InChI=1S/C27H28N2O6/c1-4-7-17-13-24(30)35-25-15(2)23(11-10-20(17)25)34-16(3)26(31)29-22(27(32)33)12-18-14-28-21-9-6-5-8-19(18)21/h5-6,8-11,13-14,16,22,28H,4,7,12H2,1-3H3,(H,29,31)(H,32,33). The number of ether oxygens (including phenoxy) is 1. The van der Waals surface area contributed by atoms with Gasteiger partial charge in [-0.2, -0.15) is 0 Å². The third kappa shape index (κ3) is 5.06. The molecule has 35 heavy (non-hydrogen) atoms. The molecular weight excluding hydrogens is 448 g/mol. The first-order chi connectivity index (χ1) is 16.8. The minimum absolute atomic E-state index is 0.123. The zero-order valence-electron chi connectivity index (χ0n) is 19.9. The first-order valence-corrected chi connectivity index (χ1v) is 11.6. The SMILES string of the molecule is CCCc1cc(=O)oc2c(C)c(OC(C)C(=O)NC(Cc3c[nH]c4ccccc34)C(=O)O)ccc12. The molecule has 3 N–H and O–H groups in total. The van der Waals surface area contributed by atoms with Crippen molar-refractivity contribution in [3.05, 3.63) is 75.8 Å². The first kappa shape index (κ1) is 24.1. The van der Waals surface area contributed by atoms with Gasteiger partial charge in [0.2, 0.25) is 0 Å². The molecule has 2 heterocycles. The van der Waals surface area contributed by atoms with Crippen molar-refractivity contribution < 1.29 is 23.8 Å². The summed E-state index contributed by atoms with van der Waals surface area (Å²) in [4.78, 5) is 39.9. The monoisotopic (exact) mass is 476 g/mol. The van der Waals surface area contributed by atoms with Gasteiger partial charge in [0.25, 0.3) is 5.91 Å². The fourth-order valence-corrected chi connectivity index (χ4v) is 4.27. The third-order valence-corrected chi connectivity index (χ3v) is 6.10. The fourth-order valence-electron chi connectivity index (χ4n) is 4.27. The van der Waals surface area contributed by atoms with Crippen molar-refractivity contribution in [2.24, 2.45) is 0 Å². The Balaban J connectivity index is 1.51. The molecule has 2 atom stereocenters. The molecule has 8 nitrogen and oxygen atoms in total. The van der Waals surface area contributed by atoms with Gasteiger partial charge in [0, 0.05) is 40.5 Å². The Morgan fingerprint density at radius 3 is 2.66 bits per heavy atom. The number of carbonyl (C=O) groups excluding carboxylic acids is 1. The quantitative estimate of drug-likeness (QED) is 0.313. The molecule has 0 fully saturated rings. The zero-order valence-corrected chi connectivity index (χ0v) is 19.9. The van der Waals surface area contributed by atoms with Crippen molar-refractivity contribution in [1.82, 2.24) is 10.3 Å². The predicted octanol–water partition coefficient (Wildman–Crippen LogP) is 4.11. The Labute approximate surface area is 201 Å². The van der Waals surface area contributed by atoms with E-state index in [1.54, 1.807) is 26.1 Å². The number of aromatic amines is 1. The highest BCUT2D eigenvalue weighted by Crippen LogP contribution is 2.29. The molecular formula is C27H28N2O6. The van der Waals surface area contributed by atoms with Crippen LogP contribution in [-0.2, 0) is 22.4 Å². The molecule has 2 unspecified atom stereocenters. The van der Waals surface area contributed by atoms with Gasteiger partial charge in [-0.25, -0.2) is 9.59 Å². The highest BCUT2D eigenvalue weighted by Gasteiger charge is 2.26. The number of aryl methyl sites for hydroxylation is 2. The van der Waals surface area contributed by atoms with Crippen LogP contribution in [0.2, 0.25) is 0 Å². The van der Waals surface area contributed by atoms with E-state index in [1.807, 2.05) is 37.3 Å². The van der Waals surface area contributed by atoms with Gasteiger partial charge in [-0.3, -0.25) is 4.79 Å². The van der Waals surface area contributed by atoms with E-state index in [1.165, 1.54) is 6.07 Å². The van der Waals surface area contributed by atoms with Crippen LogP contribution in [0.25, 0.3) is 21.9 Å². The Bertz CT molecular complexity index is 1450. The summed E-state index contributed by atoms with van der Waals surface area (Å²) in [5.74, 6) is -1.30. The summed E-state index contributed by atoms with van der Waals surface area (Å²) < 4.78 is 11.3. The number of aliphatic carboxylic acids is 1. The highest BCUT2D eigenvalue weighted by atomic mass is 16.5. The largest absolute Gasteiger partial charge is 0.480 e. The average Bonchev–Trinajstić information content (AvgIpc) is 3.23. The normalized spacial score (nSPS) is 13.0. The number of nitrogens with one attached hydrogen (secondary N) is 2. The Kier molecular flexibility index (Phi) is 6.91. The van der Waals surface area contributed by atoms with E-state index < -0.39 is 29.6 Å². The number of H-pyrrole nitrogens is 1. The smallest absolute Gasteiger partial charge is 0.336 e. The zero-order chi connectivity index (χ0) is 25.1. The van der Waals surface area contributed by atoms with E-state index in [4.69, 9.17) is 9.15 Å². The summed E-state index contributed by atoms with van der Waals surface area (Å²) >= 11 is 0. The molecule has 4 rings (SSSR count). The van der Waals surface area contributed by atoms with Crippen molar-refractivity contribution in [2.75, 3.05) is 0 Å². The molecule has 1 amide bonds. The van der Waals surface area contributed by atoms with Gasteiger partial charge in [0.1, 0.15) is 17.4 Å². The van der Waals surface area contributed by atoms with Crippen LogP contribution >= 0.6 is 0 Å². The number of hydrogen-bond donors (Lipinski definition) is 3. The summed E-state index contributed by atoms with van der Waals surface area (Å²) in [5, 5.41) is 14.0. The number of hydrogen-bond acceptors (Lipinski definition) is 5. The molecule has 0 radical (unpaired) electrons. The highest BCUT2D eigenvalue weighted by molar-refractivity contribution is 5.89. The number of carbonyl (C=O) groups is 2. The molecule has 0 aliphatic carbocycles. The lowest BCUT2D eigenvalue weighted by Gasteiger charge is -2.20. The second kappa shape index (κ2) is 10.0. The van der Waals surface area contributed by atoms with Crippen molar-refractivity contribution in [1.29, 1.82) is 0 Å². The van der Waals surface area contributed by atoms with Crippen LogP contribution in [0.3, 0.4) is 0 Å². The van der Waals surface area contributed by atoms with Gasteiger partial charge < -0.3 is 24.6 Å². The number of fused-ring (bicyclic) bond motifs is 2. The van der Waals surface area contributed by atoms with Crippen LogP contribution < -0.4 is 15.7 Å². The van der Waals surface area contributed by atoms with Crippen molar-refractivity contribution >= 4 is 33.7 Å². The van der Waals surface area contributed by atoms with E-state index in [9.17, 15) is 19.5 Å². The van der Waals surface area contributed by atoms with Crippen molar-refractivity contribution in [2.45, 2.75) is 52.2 Å². The Morgan fingerprint density at radius 2 is 1.91 bits per heavy atom. The number of benzene rings is 2. The van der Waals surface area contributed by atoms with Gasteiger partial charge in [-0.1, -0.05) is 31.5 Å². The molecule has 0 spiro atoms. The maximum atomic E-state index is 12.8. The van der Waals surface area contributed by atoms with Crippen LogP contribution in [0.5, 0.6) is 5.75 Å². The summed E-state index contributed by atoms with van der Waals surface area (Å²) in [6, 6.07) is 11.5. The number of carboxylic acid groups (broad SMARTS) is 1. The van der Waals surface area contributed by atoms with E-state index in [0.29, 0.717) is 16.9 Å². The van der Waals surface area contributed by atoms with Crippen LogP contribution in [0.15, 0.2) is 57.9 Å². The molecule has 2 aromatic heterocycles. The minimum atomic E-state index is -1.14. The predicted molar refractivity (Wildman–Crippen MR) is 133 cm³/mol. The summed E-state index contributed by atoms with van der Waals surface area (Å²) in [7, 11) is 0. The Morgan fingerprint density at radius 1 is 1.14 bits per heavy atom. The van der Waals surface area contributed by atoms with Gasteiger partial charge in [0.05, 0.1) is 0 Å². The molecule has 2 aromatic carbocycles. The lowest BCUT2D eigenvalue weighted by molar-refractivity contribution is -0.142. The molecule has 0 bridgehead atoms. The van der Waals surface area contributed by atoms with Crippen molar-refractivity contribution in [3.63, 3.8) is 0 Å². The number of carboxylic acids is 1. The molecule has 0 aliphatic heterocycles. The second-order valence-corrected chi connectivity index (χ2v) is 8.63. The molecule has 8 heteroatoms. The number of aromatic nitrogens is 1. The van der Waals surface area contributed by atoms with Gasteiger partial charge in [-0.15, -0.1) is 0 Å². The van der Waals surface area contributed by atoms with Gasteiger partial charge >= 0.3 is 11.6 Å². The molecule has 0 saturated carbocycles. The second-order valence-electron chi connectivity index (χ2n) is 8.63. The number of amides is 1. The van der Waals surface area contributed by atoms with Gasteiger partial charge in [-0.05, 0) is 49.6 Å². The van der Waals surface area contributed by atoms with E-state index >= 15 is 0 Å². The van der Waals surface area contributed by atoms with E-state index in [2.05, 4.69) is 10.3 Å². The lowest BCUT2D eigenvalue weighted by atomic mass is 10.0. The van der Waals surface area contributed by atoms with Crippen LogP contribution in [0.1, 0.15) is 37.0 Å². The molecule has 0 saturated heterocycles. The fraction of sp³-hybridized carbons (Fsp3) is 0.296. The summed E-state index contributed by atoms with van der Waals surface area (Å²) in [5.41, 5.74) is 3.19. The molecule has 4 aromatic rings. The van der Waals surface area contributed by atoms with E-state index in [-0.39, 0.29) is 6.42 Å². The summed E-state index contributed by atoms with van der Waals surface area (Å²) in [6.07, 6.45) is 2.54. The minimum Gasteiger partial charge on any atom is -0.480 e. The van der Waals surface area contributed by atoms with E-state index in [0.717, 1.165) is 40.3 Å². The maximum Gasteiger partial charge on any atom is 0.336 e. The van der Waals surface area contributed by atoms with Crippen LogP contribution in [0, 0.1) is 6.92 Å². The topological polar surface area (TPSA) is 122 Å². The Hall–Kier alpha value is -4.07. The molecule has 0 aliphatic rings. The van der Waals surface area contributed by atoms with Gasteiger partial charge in [0.15, 0.2) is 6.10 Å². The first-order valence-electron chi connectivity index (χ1n) is 11.6. The maximum absolute atomic E-state index is 12.8. The lowest BCUT2D eigenvalue weighted by Crippen LogP contribution is -2.47. The number of rotatable bonds is 9. The summed E-state index contributed by atoms with van der Waals surface area (Å²) in [6.45, 7) is 5.35. The average molecular weight is 477 g/mol. The van der Waals surface area contributed by atoms with Crippen LogP contribution in [-0.4, -0.2) is 34.1 Å². The van der Waals surface area contributed by atoms with Crippen molar-refractivity contribution in [3.8, 4) is 5.75 Å². The van der Waals surface area contributed by atoms with Crippen LogP contribution in [0.4, 0.5) is 0 Å². The number of para-hydroxylation sites is 1. The third-order valence-electron chi connectivity index (χ3n) is 6.10. The molecule has 182 valence electrons.